The van der Waals surface area contributed by atoms with Crippen molar-refractivity contribution in [2.45, 2.75) is 17.1 Å². The van der Waals surface area contributed by atoms with Gasteiger partial charge in [-0.1, -0.05) is 11.6 Å². The van der Waals surface area contributed by atoms with Crippen LogP contribution in [0.1, 0.15) is 5.56 Å². The Labute approximate surface area is 148 Å². The smallest absolute Gasteiger partial charge is 0.320 e. The molecule has 1 fully saturated rings. The molecule has 1 aromatic rings. The molecule has 0 saturated carbocycles. The predicted molar refractivity (Wildman–Crippen MR) is 89.9 cm³/mol. The lowest BCUT2D eigenvalue weighted by atomic mass is 10.2. The number of carbonyl (C=O) groups excluding carboxylic acids is 1. The average molecular weight is 395 g/mol. The Balaban J connectivity index is 2.40. The van der Waals surface area contributed by atoms with Crippen LogP contribution in [0.2, 0.25) is 5.02 Å². The molecular formula is C13H15ClN2O6S2. The van der Waals surface area contributed by atoms with Gasteiger partial charge in [0.1, 0.15) is 5.25 Å². The van der Waals surface area contributed by atoms with Crippen molar-refractivity contribution >= 4 is 45.0 Å². The number of hydrogen-bond donors (Lipinski definition) is 0. The minimum atomic E-state index is -4.01. The number of rotatable bonds is 4. The maximum absolute atomic E-state index is 12.8. The second-order valence-electron chi connectivity index (χ2n) is 5.05. The third-order valence-electron chi connectivity index (χ3n) is 3.62. The third-order valence-corrected chi connectivity index (χ3v) is 7.02. The van der Waals surface area contributed by atoms with Crippen LogP contribution in [0.5, 0.6) is 0 Å². The maximum atomic E-state index is 12.8. The highest BCUT2D eigenvalue weighted by Crippen LogP contribution is 2.32. The minimum Gasteiger partial charge on any atom is -0.468 e. The van der Waals surface area contributed by atoms with E-state index in [1.807, 2.05) is 0 Å². The summed E-state index contributed by atoms with van der Waals surface area (Å²) in [4.78, 5) is 21.8. The minimum absolute atomic E-state index is 0.00122. The van der Waals surface area contributed by atoms with E-state index in [1.54, 1.807) is 0 Å². The predicted octanol–water partition coefficient (Wildman–Crippen LogP) is 1.84. The van der Waals surface area contributed by atoms with Crippen LogP contribution >= 0.6 is 23.4 Å². The summed E-state index contributed by atoms with van der Waals surface area (Å²) in [5, 5.41) is 10.5. The second-order valence-corrected chi connectivity index (χ2v) is 8.71. The van der Waals surface area contributed by atoms with E-state index in [9.17, 15) is 23.3 Å². The number of nitrogens with zero attached hydrogens (tertiary/aromatic N) is 2. The molecule has 1 heterocycles. The molecule has 11 heteroatoms. The Morgan fingerprint density at radius 2 is 2.17 bits per heavy atom. The van der Waals surface area contributed by atoms with Crippen molar-refractivity contribution in [3.05, 3.63) is 32.8 Å². The molecule has 8 nitrogen and oxygen atoms in total. The Bertz CT molecular complexity index is 783. The van der Waals surface area contributed by atoms with Crippen LogP contribution < -0.4 is 0 Å². The summed E-state index contributed by atoms with van der Waals surface area (Å²) >= 11 is 7.25. The standard InChI is InChI=1S/C13H15ClN2O6S2/c1-8-10(14)5-9(6-11(8)16(18)19)24(20,21)15-3-4-23-12(7-15)13(17)22-2/h5-6,12H,3-4,7H2,1-2H3/t12-/m0/s1. The molecule has 0 N–H and O–H groups in total. The molecule has 0 amide bonds. The number of esters is 1. The van der Waals surface area contributed by atoms with Crippen LogP contribution in [-0.4, -0.2) is 54.8 Å². The Kier molecular flexibility index (Phi) is 5.74. The first-order chi connectivity index (χ1) is 11.2. The first-order valence-corrected chi connectivity index (χ1v) is 9.69. The van der Waals surface area contributed by atoms with Crippen LogP contribution in [0.15, 0.2) is 17.0 Å². The Morgan fingerprint density at radius 3 is 2.75 bits per heavy atom. The van der Waals surface area contributed by atoms with Crippen molar-refractivity contribution < 1.29 is 22.9 Å². The molecule has 1 aromatic carbocycles. The van der Waals surface area contributed by atoms with E-state index >= 15 is 0 Å². The number of carbonyl (C=O) groups is 1. The van der Waals surface area contributed by atoms with E-state index in [1.165, 1.54) is 31.9 Å². The fourth-order valence-electron chi connectivity index (χ4n) is 2.25. The first kappa shape index (κ1) is 19.0. The number of sulfonamides is 1. The number of nitro groups is 1. The lowest BCUT2D eigenvalue weighted by Gasteiger charge is -2.30. The van der Waals surface area contributed by atoms with Crippen LogP contribution in [0.4, 0.5) is 5.69 Å². The van der Waals surface area contributed by atoms with E-state index in [4.69, 9.17) is 11.6 Å². The number of nitro benzene ring substituents is 1. The number of benzene rings is 1. The van der Waals surface area contributed by atoms with Crippen LogP contribution in [-0.2, 0) is 19.6 Å². The zero-order chi connectivity index (χ0) is 18.1. The number of hydrogen-bond acceptors (Lipinski definition) is 7. The molecule has 0 radical (unpaired) electrons. The van der Waals surface area contributed by atoms with Gasteiger partial charge in [0.15, 0.2) is 0 Å². The van der Waals surface area contributed by atoms with Crippen molar-refractivity contribution in [3.63, 3.8) is 0 Å². The van der Waals surface area contributed by atoms with E-state index in [0.717, 1.165) is 10.4 Å². The molecular weight excluding hydrogens is 380 g/mol. The molecule has 1 aliphatic rings. The van der Waals surface area contributed by atoms with Crippen molar-refractivity contribution in [2.75, 3.05) is 26.0 Å². The number of halogens is 1. The Morgan fingerprint density at radius 1 is 1.50 bits per heavy atom. The lowest BCUT2D eigenvalue weighted by Crippen LogP contribution is -2.44. The molecule has 0 aliphatic carbocycles. The molecule has 24 heavy (non-hydrogen) atoms. The number of thioether (sulfide) groups is 1. The number of methoxy groups -OCH3 is 1. The van der Waals surface area contributed by atoms with Gasteiger partial charge in [0.05, 0.1) is 22.0 Å². The van der Waals surface area contributed by atoms with Crippen LogP contribution in [0, 0.1) is 17.0 Å². The lowest BCUT2D eigenvalue weighted by molar-refractivity contribution is -0.385. The summed E-state index contributed by atoms with van der Waals surface area (Å²) < 4.78 is 31.3. The van der Waals surface area contributed by atoms with Crippen molar-refractivity contribution in [1.29, 1.82) is 0 Å². The van der Waals surface area contributed by atoms with Crippen molar-refractivity contribution in [1.82, 2.24) is 4.31 Å². The fraction of sp³-hybridized carbons (Fsp3) is 0.462. The molecule has 2 rings (SSSR count). The normalized spacial score (nSPS) is 19.0. The second kappa shape index (κ2) is 7.26. The molecule has 1 aliphatic heterocycles. The molecule has 0 aromatic heterocycles. The zero-order valence-electron chi connectivity index (χ0n) is 12.9. The highest BCUT2D eigenvalue weighted by atomic mass is 35.5. The van der Waals surface area contributed by atoms with Gasteiger partial charge < -0.3 is 4.74 Å². The van der Waals surface area contributed by atoms with E-state index in [0.29, 0.717) is 5.75 Å². The summed E-state index contributed by atoms with van der Waals surface area (Å²) in [6, 6.07) is 2.18. The van der Waals surface area contributed by atoms with Gasteiger partial charge in [0, 0.05) is 30.5 Å². The van der Waals surface area contributed by atoms with E-state index < -0.39 is 26.2 Å². The largest absolute Gasteiger partial charge is 0.468 e. The van der Waals surface area contributed by atoms with Gasteiger partial charge in [0.25, 0.3) is 5.69 Å². The molecule has 132 valence electrons. The van der Waals surface area contributed by atoms with Gasteiger partial charge in [0.2, 0.25) is 10.0 Å². The van der Waals surface area contributed by atoms with Gasteiger partial charge in [-0.15, -0.1) is 11.8 Å². The first-order valence-electron chi connectivity index (χ1n) is 6.82. The van der Waals surface area contributed by atoms with Crippen LogP contribution in [0.3, 0.4) is 0 Å². The third kappa shape index (κ3) is 3.66. The molecule has 1 atom stereocenters. The topological polar surface area (TPSA) is 107 Å². The molecule has 0 unspecified atom stereocenters. The molecule has 1 saturated heterocycles. The number of ether oxygens (including phenoxy) is 1. The van der Waals surface area contributed by atoms with Gasteiger partial charge in [-0.05, 0) is 13.0 Å². The Hall–Kier alpha value is -1.36. The highest BCUT2D eigenvalue weighted by molar-refractivity contribution is 8.00. The quantitative estimate of drug-likeness (QED) is 0.435. The summed E-state index contributed by atoms with van der Waals surface area (Å²) in [5.74, 6) is -0.0893. The van der Waals surface area contributed by atoms with Crippen molar-refractivity contribution in [2.24, 2.45) is 0 Å². The molecule has 0 bridgehead atoms. The van der Waals surface area contributed by atoms with Gasteiger partial charge in [-0.25, -0.2) is 8.42 Å². The fourth-order valence-corrected chi connectivity index (χ4v) is 5.37. The summed E-state index contributed by atoms with van der Waals surface area (Å²) in [6.07, 6.45) is 0. The molecule has 0 spiro atoms. The van der Waals surface area contributed by atoms with Gasteiger partial charge >= 0.3 is 5.97 Å². The van der Waals surface area contributed by atoms with E-state index in [-0.39, 0.29) is 34.3 Å². The van der Waals surface area contributed by atoms with Crippen molar-refractivity contribution in [3.8, 4) is 0 Å². The maximum Gasteiger partial charge on any atom is 0.320 e. The van der Waals surface area contributed by atoms with Gasteiger partial charge in [-0.3, -0.25) is 14.9 Å². The summed E-state index contributed by atoms with van der Waals surface area (Å²) in [5.41, 5.74) is -0.167. The summed E-state index contributed by atoms with van der Waals surface area (Å²) in [6.45, 7) is 1.58. The SMILES string of the molecule is COC(=O)[C@@H]1CN(S(=O)(=O)c2cc(Cl)c(C)c([N+](=O)[O-])c2)CCS1. The van der Waals surface area contributed by atoms with E-state index in [2.05, 4.69) is 4.74 Å². The van der Waals surface area contributed by atoms with Crippen LogP contribution in [0.25, 0.3) is 0 Å². The average Bonchev–Trinajstić information content (AvgIpc) is 2.56. The zero-order valence-corrected chi connectivity index (χ0v) is 15.3. The summed E-state index contributed by atoms with van der Waals surface area (Å²) in [7, 11) is -2.77. The van der Waals surface area contributed by atoms with Gasteiger partial charge in [-0.2, -0.15) is 4.31 Å². The monoisotopic (exact) mass is 394 g/mol. The highest BCUT2D eigenvalue weighted by Gasteiger charge is 2.35.